The first-order valence-corrected chi connectivity index (χ1v) is 5.10. The van der Waals surface area contributed by atoms with E-state index in [0.29, 0.717) is 6.42 Å². The van der Waals surface area contributed by atoms with Gasteiger partial charge in [-0.2, -0.15) is 0 Å². The molecule has 0 aromatic heterocycles. The molecule has 15 heavy (non-hydrogen) atoms. The van der Waals surface area contributed by atoms with E-state index in [1.807, 2.05) is 31.2 Å². The Morgan fingerprint density at radius 1 is 1.47 bits per heavy atom. The van der Waals surface area contributed by atoms with E-state index in [1.165, 1.54) is 0 Å². The van der Waals surface area contributed by atoms with Crippen molar-refractivity contribution in [1.29, 1.82) is 0 Å². The molecule has 1 atom stereocenters. The predicted octanol–water partition coefficient (Wildman–Crippen LogP) is 3.08. The largest absolute Gasteiger partial charge is 0.496 e. The van der Waals surface area contributed by atoms with Crippen molar-refractivity contribution in [2.24, 2.45) is 0 Å². The Morgan fingerprint density at radius 2 is 2.13 bits per heavy atom. The molecule has 2 heteroatoms. The topological polar surface area (TPSA) is 29.5 Å². The number of methoxy groups -OCH3 is 1. The molecule has 1 aromatic rings. The molecule has 1 rings (SSSR count). The van der Waals surface area contributed by atoms with Gasteiger partial charge < -0.3 is 9.84 Å². The number of hydrogen-bond donors (Lipinski definition) is 1. The van der Waals surface area contributed by atoms with Crippen LogP contribution in [0.1, 0.15) is 31.4 Å². The highest BCUT2D eigenvalue weighted by Gasteiger charge is 2.11. The average Bonchev–Trinajstić information content (AvgIpc) is 2.25. The van der Waals surface area contributed by atoms with E-state index in [1.54, 1.807) is 7.11 Å². The quantitative estimate of drug-likeness (QED) is 0.750. The highest BCUT2D eigenvalue weighted by atomic mass is 16.5. The molecule has 0 radical (unpaired) electrons. The lowest BCUT2D eigenvalue weighted by atomic mass is 10.0. The smallest absolute Gasteiger partial charge is 0.124 e. The van der Waals surface area contributed by atoms with E-state index < -0.39 is 6.10 Å². The Kier molecular flexibility index (Phi) is 4.37. The zero-order valence-corrected chi connectivity index (χ0v) is 9.36. The van der Waals surface area contributed by atoms with E-state index in [-0.39, 0.29) is 0 Å². The van der Waals surface area contributed by atoms with Crippen molar-refractivity contribution in [1.82, 2.24) is 0 Å². The summed E-state index contributed by atoms with van der Waals surface area (Å²) >= 11 is 0. The zero-order valence-electron chi connectivity index (χ0n) is 9.36. The molecule has 0 aliphatic heterocycles. The fraction of sp³-hybridized carbons (Fsp3) is 0.385. The van der Waals surface area contributed by atoms with Gasteiger partial charge in [0.2, 0.25) is 0 Å². The number of allylic oxidation sites excluding steroid dienone is 1. The van der Waals surface area contributed by atoms with Crippen LogP contribution in [-0.2, 0) is 0 Å². The molecule has 0 saturated carbocycles. The summed E-state index contributed by atoms with van der Waals surface area (Å²) in [4.78, 5) is 0. The second-order valence-electron chi connectivity index (χ2n) is 3.75. The standard InChI is InChI=1S/C13H18O2/c1-10(2)8-9-12(14)11-6-4-5-7-13(11)15-3/h4-7,12,14H,1,8-9H2,2-3H3. The van der Waals surface area contributed by atoms with Gasteiger partial charge in [-0.25, -0.2) is 0 Å². The summed E-state index contributed by atoms with van der Waals surface area (Å²) in [5.41, 5.74) is 1.94. The van der Waals surface area contributed by atoms with Crippen LogP contribution in [0.15, 0.2) is 36.4 Å². The van der Waals surface area contributed by atoms with Crippen LogP contribution in [0.3, 0.4) is 0 Å². The monoisotopic (exact) mass is 206 g/mol. The zero-order chi connectivity index (χ0) is 11.3. The summed E-state index contributed by atoms with van der Waals surface area (Å²) in [5, 5.41) is 9.96. The van der Waals surface area contributed by atoms with E-state index in [2.05, 4.69) is 6.58 Å². The summed E-state index contributed by atoms with van der Waals surface area (Å²) in [7, 11) is 1.62. The Labute approximate surface area is 91.2 Å². The van der Waals surface area contributed by atoms with Crippen LogP contribution < -0.4 is 4.74 Å². The second-order valence-corrected chi connectivity index (χ2v) is 3.75. The third kappa shape index (κ3) is 3.40. The van der Waals surface area contributed by atoms with Crippen LogP contribution in [-0.4, -0.2) is 12.2 Å². The van der Waals surface area contributed by atoms with Crippen molar-refractivity contribution in [2.45, 2.75) is 25.9 Å². The molecular formula is C13H18O2. The molecule has 0 saturated heterocycles. The van der Waals surface area contributed by atoms with Gasteiger partial charge in [-0.15, -0.1) is 6.58 Å². The SMILES string of the molecule is C=C(C)CCC(O)c1ccccc1OC. The molecule has 0 heterocycles. The average molecular weight is 206 g/mol. The van der Waals surface area contributed by atoms with E-state index in [9.17, 15) is 5.11 Å². The predicted molar refractivity (Wildman–Crippen MR) is 62.0 cm³/mol. The maximum Gasteiger partial charge on any atom is 0.124 e. The molecule has 0 fully saturated rings. The molecular weight excluding hydrogens is 188 g/mol. The minimum atomic E-state index is -0.474. The molecule has 1 aromatic carbocycles. The fourth-order valence-electron chi connectivity index (χ4n) is 1.48. The van der Waals surface area contributed by atoms with Gasteiger partial charge in [0.05, 0.1) is 13.2 Å². The van der Waals surface area contributed by atoms with Crippen LogP contribution in [0, 0.1) is 0 Å². The van der Waals surface area contributed by atoms with Crippen molar-refractivity contribution in [3.63, 3.8) is 0 Å². The van der Waals surface area contributed by atoms with E-state index in [0.717, 1.165) is 23.3 Å². The maximum absolute atomic E-state index is 9.96. The van der Waals surface area contributed by atoms with Crippen molar-refractivity contribution >= 4 is 0 Å². The third-order valence-corrected chi connectivity index (χ3v) is 2.34. The lowest BCUT2D eigenvalue weighted by molar-refractivity contribution is 0.163. The van der Waals surface area contributed by atoms with Crippen LogP contribution in [0.4, 0.5) is 0 Å². The van der Waals surface area contributed by atoms with Crippen molar-refractivity contribution < 1.29 is 9.84 Å². The number of benzene rings is 1. The Balaban J connectivity index is 2.72. The van der Waals surface area contributed by atoms with Crippen LogP contribution >= 0.6 is 0 Å². The van der Waals surface area contributed by atoms with Gasteiger partial charge >= 0.3 is 0 Å². The number of aliphatic hydroxyl groups excluding tert-OH is 1. The molecule has 0 aliphatic rings. The van der Waals surface area contributed by atoms with Gasteiger partial charge in [0.15, 0.2) is 0 Å². The van der Waals surface area contributed by atoms with E-state index >= 15 is 0 Å². The highest BCUT2D eigenvalue weighted by molar-refractivity contribution is 5.34. The van der Waals surface area contributed by atoms with Crippen molar-refractivity contribution in [2.75, 3.05) is 7.11 Å². The number of para-hydroxylation sites is 1. The number of hydrogen-bond acceptors (Lipinski definition) is 2. The van der Waals surface area contributed by atoms with E-state index in [4.69, 9.17) is 4.74 Å². The first kappa shape index (κ1) is 11.8. The van der Waals surface area contributed by atoms with Crippen molar-refractivity contribution in [3.8, 4) is 5.75 Å². The van der Waals surface area contributed by atoms with Gasteiger partial charge in [0.1, 0.15) is 5.75 Å². The lowest BCUT2D eigenvalue weighted by Gasteiger charge is -2.14. The first-order valence-electron chi connectivity index (χ1n) is 5.10. The minimum absolute atomic E-state index is 0.474. The molecule has 0 bridgehead atoms. The van der Waals surface area contributed by atoms with Crippen LogP contribution in [0.2, 0.25) is 0 Å². The van der Waals surface area contributed by atoms with Gasteiger partial charge in [0.25, 0.3) is 0 Å². The summed E-state index contributed by atoms with van der Waals surface area (Å²) < 4.78 is 5.19. The van der Waals surface area contributed by atoms with Crippen LogP contribution in [0.25, 0.3) is 0 Å². The maximum atomic E-state index is 9.96. The fourth-order valence-corrected chi connectivity index (χ4v) is 1.48. The first-order chi connectivity index (χ1) is 7.15. The molecule has 0 amide bonds. The molecule has 1 unspecified atom stereocenters. The number of rotatable bonds is 5. The second kappa shape index (κ2) is 5.56. The van der Waals surface area contributed by atoms with Gasteiger partial charge in [-0.05, 0) is 25.8 Å². The molecule has 2 nitrogen and oxygen atoms in total. The number of ether oxygens (including phenoxy) is 1. The normalized spacial score (nSPS) is 12.2. The van der Waals surface area contributed by atoms with Gasteiger partial charge in [-0.1, -0.05) is 23.8 Å². The number of aliphatic hydroxyl groups is 1. The summed E-state index contributed by atoms with van der Waals surface area (Å²) in [6, 6.07) is 7.55. The van der Waals surface area contributed by atoms with Crippen molar-refractivity contribution in [3.05, 3.63) is 42.0 Å². The minimum Gasteiger partial charge on any atom is -0.496 e. The molecule has 0 spiro atoms. The molecule has 0 aliphatic carbocycles. The van der Waals surface area contributed by atoms with Crippen LogP contribution in [0.5, 0.6) is 5.75 Å². The Hall–Kier alpha value is -1.28. The third-order valence-electron chi connectivity index (χ3n) is 2.34. The van der Waals surface area contributed by atoms with Gasteiger partial charge in [0, 0.05) is 5.56 Å². The molecule has 1 N–H and O–H groups in total. The van der Waals surface area contributed by atoms with Gasteiger partial charge in [-0.3, -0.25) is 0 Å². The highest BCUT2D eigenvalue weighted by Crippen LogP contribution is 2.28. The summed E-state index contributed by atoms with van der Waals surface area (Å²) in [6.07, 6.45) is 1.05. The Bertz CT molecular complexity index is 331. The summed E-state index contributed by atoms with van der Waals surface area (Å²) in [5.74, 6) is 0.742. The summed E-state index contributed by atoms with van der Waals surface area (Å²) in [6.45, 7) is 5.79. The molecule has 82 valence electrons. The Morgan fingerprint density at radius 3 is 2.73 bits per heavy atom. The lowest BCUT2D eigenvalue weighted by Crippen LogP contribution is -2.00.